The number of carbonyl (C=O) groups is 2. The summed E-state index contributed by atoms with van der Waals surface area (Å²) in [6.45, 7) is 2.37. The second-order valence-electron chi connectivity index (χ2n) is 5.12. The Kier molecular flexibility index (Phi) is 6.23. The van der Waals surface area contributed by atoms with Gasteiger partial charge in [0, 0.05) is 17.8 Å². The molecule has 23 heavy (non-hydrogen) atoms. The highest BCUT2D eigenvalue weighted by Crippen LogP contribution is 2.14. The van der Waals surface area contributed by atoms with Crippen LogP contribution in [-0.2, 0) is 11.3 Å². The van der Waals surface area contributed by atoms with E-state index in [1.165, 1.54) is 0 Å². The Hall–Kier alpha value is -2.76. The lowest BCUT2D eigenvalue weighted by molar-refractivity contribution is -0.116. The molecule has 0 bridgehead atoms. The molecule has 1 aromatic carbocycles. The van der Waals surface area contributed by atoms with Gasteiger partial charge >= 0.3 is 6.03 Å². The first kappa shape index (κ1) is 16.6. The molecule has 1 heterocycles. The van der Waals surface area contributed by atoms with Gasteiger partial charge in [0.15, 0.2) is 0 Å². The quantitative estimate of drug-likeness (QED) is 0.728. The van der Waals surface area contributed by atoms with Crippen molar-refractivity contribution >= 4 is 23.3 Å². The number of rotatable bonds is 7. The van der Waals surface area contributed by atoms with Crippen molar-refractivity contribution in [2.75, 3.05) is 10.6 Å². The second-order valence-corrected chi connectivity index (χ2v) is 5.12. The van der Waals surface area contributed by atoms with Gasteiger partial charge in [0.1, 0.15) is 5.76 Å². The van der Waals surface area contributed by atoms with E-state index in [1.807, 2.05) is 6.92 Å². The van der Waals surface area contributed by atoms with Gasteiger partial charge in [-0.05, 0) is 42.8 Å². The van der Waals surface area contributed by atoms with Crippen LogP contribution in [0.25, 0.3) is 0 Å². The van der Waals surface area contributed by atoms with Crippen molar-refractivity contribution in [1.82, 2.24) is 5.32 Å². The monoisotopic (exact) mass is 315 g/mol. The number of furan rings is 1. The summed E-state index contributed by atoms with van der Waals surface area (Å²) in [7, 11) is 0. The van der Waals surface area contributed by atoms with E-state index >= 15 is 0 Å². The molecule has 0 spiro atoms. The van der Waals surface area contributed by atoms with E-state index in [-0.39, 0.29) is 11.9 Å². The number of anilines is 2. The fourth-order valence-corrected chi connectivity index (χ4v) is 1.95. The molecule has 0 saturated heterocycles. The van der Waals surface area contributed by atoms with Gasteiger partial charge in [0.25, 0.3) is 0 Å². The Balaban J connectivity index is 1.77. The highest BCUT2D eigenvalue weighted by molar-refractivity contribution is 5.92. The maximum atomic E-state index is 11.8. The Morgan fingerprint density at radius 2 is 1.74 bits per heavy atom. The van der Waals surface area contributed by atoms with Crippen LogP contribution in [0.15, 0.2) is 47.1 Å². The summed E-state index contributed by atoms with van der Waals surface area (Å²) in [5, 5.41) is 8.23. The number of nitrogens with one attached hydrogen (secondary N) is 3. The lowest BCUT2D eigenvalue weighted by Crippen LogP contribution is -2.27. The van der Waals surface area contributed by atoms with E-state index in [0.29, 0.717) is 30.1 Å². The Labute approximate surface area is 135 Å². The predicted molar refractivity (Wildman–Crippen MR) is 89.2 cm³/mol. The van der Waals surface area contributed by atoms with Gasteiger partial charge in [-0.15, -0.1) is 0 Å². The third-order valence-electron chi connectivity index (χ3n) is 3.19. The SMILES string of the molecule is CCCCC(=O)Nc1ccc(NC(=O)NCc2ccco2)cc1. The third-order valence-corrected chi connectivity index (χ3v) is 3.19. The first-order chi connectivity index (χ1) is 11.2. The van der Waals surface area contributed by atoms with E-state index in [0.717, 1.165) is 12.8 Å². The smallest absolute Gasteiger partial charge is 0.319 e. The summed E-state index contributed by atoms with van der Waals surface area (Å²) < 4.78 is 5.13. The van der Waals surface area contributed by atoms with Crippen molar-refractivity contribution in [2.45, 2.75) is 32.7 Å². The predicted octanol–water partition coefficient (Wildman–Crippen LogP) is 3.73. The van der Waals surface area contributed by atoms with Gasteiger partial charge in [-0.2, -0.15) is 0 Å². The van der Waals surface area contributed by atoms with E-state index in [9.17, 15) is 9.59 Å². The van der Waals surface area contributed by atoms with Crippen LogP contribution in [-0.4, -0.2) is 11.9 Å². The average molecular weight is 315 g/mol. The highest BCUT2D eigenvalue weighted by Gasteiger charge is 2.04. The number of unbranched alkanes of at least 4 members (excludes halogenated alkanes) is 1. The summed E-state index contributed by atoms with van der Waals surface area (Å²) in [4.78, 5) is 23.4. The lowest BCUT2D eigenvalue weighted by Gasteiger charge is -2.08. The molecule has 0 radical (unpaired) electrons. The molecule has 0 unspecified atom stereocenters. The van der Waals surface area contributed by atoms with Crippen molar-refractivity contribution in [1.29, 1.82) is 0 Å². The molecule has 0 atom stereocenters. The first-order valence-corrected chi connectivity index (χ1v) is 7.64. The lowest BCUT2D eigenvalue weighted by atomic mass is 10.2. The molecule has 2 rings (SSSR count). The number of hydrogen-bond donors (Lipinski definition) is 3. The van der Waals surface area contributed by atoms with Crippen molar-refractivity contribution in [3.63, 3.8) is 0 Å². The molecule has 1 aromatic heterocycles. The maximum absolute atomic E-state index is 11.8. The molecule has 3 N–H and O–H groups in total. The Morgan fingerprint density at radius 1 is 1.04 bits per heavy atom. The van der Waals surface area contributed by atoms with Gasteiger partial charge in [-0.3, -0.25) is 4.79 Å². The van der Waals surface area contributed by atoms with E-state index in [4.69, 9.17) is 4.42 Å². The Bertz CT molecular complexity index is 621. The van der Waals surface area contributed by atoms with Crippen LogP contribution in [0.1, 0.15) is 31.9 Å². The molecule has 0 fully saturated rings. The van der Waals surface area contributed by atoms with Gasteiger partial charge in [0.2, 0.25) is 5.91 Å². The fraction of sp³-hybridized carbons (Fsp3) is 0.294. The largest absolute Gasteiger partial charge is 0.467 e. The molecule has 3 amide bonds. The summed E-state index contributed by atoms with van der Waals surface area (Å²) in [5.41, 5.74) is 1.36. The van der Waals surface area contributed by atoms with Crippen LogP contribution >= 0.6 is 0 Å². The standard InChI is InChI=1S/C17H21N3O3/c1-2-3-6-16(21)19-13-7-9-14(10-8-13)20-17(22)18-12-15-5-4-11-23-15/h4-5,7-11H,2-3,6,12H2,1H3,(H,19,21)(H2,18,20,22). The van der Waals surface area contributed by atoms with Crippen molar-refractivity contribution in [3.8, 4) is 0 Å². The Morgan fingerprint density at radius 3 is 2.35 bits per heavy atom. The van der Waals surface area contributed by atoms with Crippen LogP contribution < -0.4 is 16.0 Å². The minimum absolute atomic E-state index is 0.00347. The highest BCUT2D eigenvalue weighted by atomic mass is 16.3. The number of urea groups is 1. The topological polar surface area (TPSA) is 83.4 Å². The van der Waals surface area contributed by atoms with Crippen LogP contribution in [0.5, 0.6) is 0 Å². The van der Waals surface area contributed by atoms with Gasteiger partial charge < -0.3 is 20.4 Å². The van der Waals surface area contributed by atoms with Crippen LogP contribution in [0.2, 0.25) is 0 Å². The summed E-state index contributed by atoms with van der Waals surface area (Å²) in [5.74, 6) is 0.689. The minimum Gasteiger partial charge on any atom is -0.467 e. The molecule has 0 aliphatic carbocycles. The van der Waals surface area contributed by atoms with Gasteiger partial charge in [0.05, 0.1) is 12.8 Å². The molecule has 0 aliphatic heterocycles. The average Bonchev–Trinajstić information content (AvgIpc) is 3.06. The van der Waals surface area contributed by atoms with Crippen molar-refractivity contribution in [2.24, 2.45) is 0 Å². The number of hydrogen-bond acceptors (Lipinski definition) is 3. The zero-order valence-electron chi connectivity index (χ0n) is 13.1. The molecular weight excluding hydrogens is 294 g/mol. The number of benzene rings is 1. The second kappa shape index (κ2) is 8.63. The number of carbonyl (C=O) groups excluding carboxylic acids is 2. The molecule has 6 nitrogen and oxygen atoms in total. The third kappa shape index (κ3) is 5.86. The molecule has 122 valence electrons. The van der Waals surface area contributed by atoms with E-state index in [1.54, 1.807) is 42.7 Å². The summed E-state index contributed by atoms with van der Waals surface area (Å²) in [6, 6.07) is 10.2. The van der Waals surface area contributed by atoms with Crippen molar-refractivity contribution in [3.05, 3.63) is 48.4 Å². The van der Waals surface area contributed by atoms with Gasteiger partial charge in [-0.1, -0.05) is 13.3 Å². The van der Waals surface area contributed by atoms with Crippen LogP contribution in [0.4, 0.5) is 16.2 Å². The summed E-state index contributed by atoms with van der Waals surface area (Å²) >= 11 is 0. The summed E-state index contributed by atoms with van der Waals surface area (Å²) in [6.07, 6.45) is 3.94. The van der Waals surface area contributed by atoms with E-state index < -0.39 is 0 Å². The maximum Gasteiger partial charge on any atom is 0.319 e. The number of amides is 3. The molecular formula is C17H21N3O3. The fourth-order valence-electron chi connectivity index (χ4n) is 1.95. The van der Waals surface area contributed by atoms with Crippen molar-refractivity contribution < 1.29 is 14.0 Å². The first-order valence-electron chi connectivity index (χ1n) is 7.64. The normalized spacial score (nSPS) is 10.1. The van der Waals surface area contributed by atoms with Crippen LogP contribution in [0, 0.1) is 0 Å². The molecule has 0 saturated carbocycles. The zero-order valence-corrected chi connectivity index (χ0v) is 13.1. The van der Waals surface area contributed by atoms with Gasteiger partial charge in [-0.25, -0.2) is 4.79 Å². The van der Waals surface area contributed by atoms with E-state index in [2.05, 4.69) is 16.0 Å². The molecule has 6 heteroatoms. The zero-order chi connectivity index (χ0) is 16.5. The minimum atomic E-state index is -0.318. The molecule has 0 aliphatic rings. The molecule has 2 aromatic rings. The van der Waals surface area contributed by atoms with Crippen LogP contribution in [0.3, 0.4) is 0 Å².